The molecule has 1 aliphatic heterocycles. The SMILES string of the molecule is CN(C)C(=O)N1CCC[C@H]1C(=O)NC1CCC(NC(=O)c2ccccc2)CC1. The highest BCUT2D eigenvalue weighted by Crippen LogP contribution is 2.22. The predicted molar refractivity (Wildman–Crippen MR) is 107 cm³/mol. The average Bonchev–Trinajstić information content (AvgIpc) is 3.19. The molecule has 2 aliphatic rings. The van der Waals surface area contributed by atoms with Crippen molar-refractivity contribution in [2.75, 3.05) is 20.6 Å². The number of hydrogen-bond donors (Lipinski definition) is 2. The molecule has 0 spiro atoms. The third-order valence-electron chi connectivity index (χ3n) is 5.63. The van der Waals surface area contributed by atoms with Crippen molar-refractivity contribution in [3.63, 3.8) is 0 Å². The van der Waals surface area contributed by atoms with Crippen LogP contribution in [0.3, 0.4) is 0 Å². The van der Waals surface area contributed by atoms with Crippen molar-refractivity contribution in [3.8, 4) is 0 Å². The summed E-state index contributed by atoms with van der Waals surface area (Å²) in [6.07, 6.45) is 4.92. The van der Waals surface area contributed by atoms with Gasteiger partial charge in [0.05, 0.1) is 0 Å². The highest BCUT2D eigenvalue weighted by Gasteiger charge is 2.36. The number of nitrogens with zero attached hydrogens (tertiary/aromatic N) is 2. The fourth-order valence-electron chi connectivity index (χ4n) is 4.06. The summed E-state index contributed by atoms with van der Waals surface area (Å²) < 4.78 is 0. The van der Waals surface area contributed by atoms with Gasteiger partial charge in [0.2, 0.25) is 5.91 Å². The van der Waals surface area contributed by atoms with Crippen molar-refractivity contribution in [1.82, 2.24) is 20.4 Å². The van der Waals surface area contributed by atoms with Crippen LogP contribution in [0.1, 0.15) is 48.9 Å². The van der Waals surface area contributed by atoms with Crippen LogP contribution in [-0.4, -0.2) is 66.4 Å². The Morgan fingerprint density at radius 2 is 1.54 bits per heavy atom. The fraction of sp³-hybridized carbons (Fsp3) is 0.571. The number of nitrogens with one attached hydrogen (secondary N) is 2. The molecular formula is C21H30N4O3. The summed E-state index contributed by atoms with van der Waals surface area (Å²) in [6.45, 7) is 0.632. The van der Waals surface area contributed by atoms with E-state index >= 15 is 0 Å². The maximum atomic E-state index is 12.7. The molecule has 0 unspecified atom stereocenters. The molecule has 1 aliphatic carbocycles. The molecule has 152 valence electrons. The standard InChI is InChI=1S/C21H30N4O3/c1-24(2)21(28)25-14-6-9-18(25)20(27)23-17-12-10-16(11-13-17)22-19(26)15-7-4-3-5-8-15/h3-5,7-8,16-18H,6,9-14H2,1-2H3,(H,22,26)(H,23,27)/t16?,17?,18-/m0/s1. The molecule has 0 aromatic heterocycles. The number of carbonyl (C=O) groups is 3. The molecule has 1 aromatic rings. The van der Waals surface area contributed by atoms with E-state index in [0.717, 1.165) is 32.1 Å². The maximum absolute atomic E-state index is 12.7. The van der Waals surface area contributed by atoms with Crippen molar-refractivity contribution in [1.29, 1.82) is 0 Å². The Balaban J connectivity index is 1.45. The van der Waals surface area contributed by atoms with E-state index < -0.39 is 0 Å². The van der Waals surface area contributed by atoms with Crippen LogP contribution in [0.5, 0.6) is 0 Å². The first-order chi connectivity index (χ1) is 13.5. The van der Waals surface area contributed by atoms with Crippen molar-refractivity contribution < 1.29 is 14.4 Å². The lowest BCUT2D eigenvalue weighted by molar-refractivity contribution is -0.125. The molecule has 2 fully saturated rings. The first-order valence-electron chi connectivity index (χ1n) is 10.1. The zero-order valence-electron chi connectivity index (χ0n) is 16.7. The summed E-state index contributed by atoms with van der Waals surface area (Å²) >= 11 is 0. The van der Waals surface area contributed by atoms with Crippen LogP contribution in [0.25, 0.3) is 0 Å². The van der Waals surface area contributed by atoms with Gasteiger partial charge in [-0.25, -0.2) is 4.79 Å². The molecule has 28 heavy (non-hydrogen) atoms. The Kier molecular flexibility index (Phi) is 6.54. The zero-order chi connectivity index (χ0) is 20.1. The molecule has 7 heteroatoms. The third-order valence-corrected chi connectivity index (χ3v) is 5.63. The minimum Gasteiger partial charge on any atom is -0.352 e. The molecule has 7 nitrogen and oxygen atoms in total. The molecule has 0 radical (unpaired) electrons. The lowest BCUT2D eigenvalue weighted by Gasteiger charge is -2.32. The van der Waals surface area contributed by atoms with Gasteiger partial charge in [-0.15, -0.1) is 0 Å². The van der Waals surface area contributed by atoms with Gasteiger partial charge in [-0.2, -0.15) is 0 Å². The molecule has 1 aromatic carbocycles. The maximum Gasteiger partial charge on any atom is 0.320 e. The number of carbonyl (C=O) groups excluding carboxylic acids is 3. The van der Waals surface area contributed by atoms with E-state index in [1.165, 1.54) is 4.90 Å². The summed E-state index contributed by atoms with van der Waals surface area (Å²) in [5.41, 5.74) is 0.671. The highest BCUT2D eigenvalue weighted by molar-refractivity contribution is 5.94. The molecule has 1 saturated heterocycles. The van der Waals surface area contributed by atoms with Crippen molar-refractivity contribution in [2.45, 2.75) is 56.7 Å². The van der Waals surface area contributed by atoms with Gasteiger partial charge in [-0.1, -0.05) is 18.2 Å². The van der Waals surface area contributed by atoms with E-state index in [2.05, 4.69) is 10.6 Å². The topological polar surface area (TPSA) is 81.8 Å². The van der Waals surface area contributed by atoms with Crippen LogP contribution >= 0.6 is 0 Å². The summed E-state index contributed by atoms with van der Waals surface area (Å²) in [5.74, 6) is -0.0960. The minimum absolute atomic E-state index is 0.0446. The smallest absolute Gasteiger partial charge is 0.320 e. The van der Waals surface area contributed by atoms with Crippen molar-refractivity contribution in [2.24, 2.45) is 0 Å². The summed E-state index contributed by atoms with van der Waals surface area (Å²) in [5, 5.41) is 6.21. The second-order valence-corrected chi connectivity index (χ2v) is 7.93. The molecule has 3 rings (SSSR count). The number of likely N-dealkylation sites (tertiary alicyclic amines) is 1. The van der Waals surface area contributed by atoms with Crippen LogP contribution in [0, 0.1) is 0 Å². The first kappa shape index (κ1) is 20.2. The van der Waals surface area contributed by atoms with Gasteiger partial charge in [-0.3, -0.25) is 9.59 Å². The van der Waals surface area contributed by atoms with Gasteiger partial charge in [0, 0.05) is 38.3 Å². The van der Waals surface area contributed by atoms with E-state index in [-0.39, 0.29) is 36.0 Å². The molecule has 1 heterocycles. The van der Waals surface area contributed by atoms with Gasteiger partial charge in [0.25, 0.3) is 5.91 Å². The number of rotatable bonds is 4. The zero-order valence-corrected chi connectivity index (χ0v) is 16.7. The van der Waals surface area contributed by atoms with Crippen LogP contribution in [0.15, 0.2) is 30.3 Å². The molecule has 2 N–H and O–H groups in total. The second-order valence-electron chi connectivity index (χ2n) is 7.93. The van der Waals surface area contributed by atoms with E-state index in [9.17, 15) is 14.4 Å². The Hall–Kier alpha value is -2.57. The average molecular weight is 386 g/mol. The molecule has 1 saturated carbocycles. The lowest BCUT2D eigenvalue weighted by Crippen LogP contribution is -2.52. The van der Waals surface area contributed by atoms with Gasteiger partial charge in [0.1, 0.15) is 6.04 Å². The number of benzene rings is 1. The van der Waals surface area contributed by atoms with Crippen LogP contribution in [0.2, 0.25) is 0 Å². The lowest BCUT2D eigenvalue weighted by atomic mass is 9.90. The molecule has 1 atom stereocenters. The molecular weight excluding hydrogens is 356 g/mol. The van der Waals surface area contributed by atoms with E-state index in [0.29, 0.717) is 18.5 Å². The normalized spacial score (nSPS) is 24.5. The van der Waals surface area contributed by atoms with Crippen molar-refractivity contribution in [3.05, 3.63) is 35.9 Å². The van der Waals surface area contributed by atoms with Gasteiger partial charge >= 0.3 is 6.03 Å². The summed E-state index contributed by atoms with van der Waals surface area (Å²) in [4.78, 5) is 40.4. The largest absolute Gasteiger partial charge is 0.352 e. The van der Waals surface area contributed by atoms with Gasteiger partial charge in [-0.05, 0) is 50.7 Å². The number of urea groups is 1. The molecule has 0 bridgehead atoms. The Morgan fingerprint density at radius 1 is 0.929 bits per heavy atom. The van der Waals surface area contributed by atoms with Crippen LogP contribution in [0.4, 0.5) is 4.79 Å². The quantitative estimate of drug-likeness (QED) is 0.830. The fourth-order valence-corrected chi connectivity index (χ4v) is 4.06. The Labute approximate surface area is 166 Å². The van der Waals surface area contributed by atoms with Crippen LogP contribution in [-0.2, 0) is 4.79 Å². The highest BCUT2D eigenvalue weighted by atomic mass is 16.2. The predicted octanol–water partition coefficient (Wildman–Crippen LogP) is 1.99. The summed E-state index contributed by atoms with van der Waals surface area (Å²) in [7, 11) is 3.42. The van der Waals surface area contributed by atoms with Crippen LogP contribution < -0.4 is 10.6 Å². The monoisotopic (exact) mass is 386 g/mol. The summed E-state index contributed by atoms with van der Waals surface area (Å²) in [6, 6.07) is 8.99. The number of hydrogen-bond acceptors (Lipinski definition) is 3. The second kappa shape index (κ2) is 9.08. The minimum atomic E-state index is -0.370. The Morgan fingerprint density at radius 3 is 2.14 bits per heavy atom. The van der Waals surface area contributed by atoms with E-state index in [1.807, 2.05) is 30.3 Å². The van der Waals surface area contributed by atoms with E-state index in [4.69, 9.17) is 0 Å². The van der Waals surface area contributed by atoms with Gasteiger partial charge in [0.15, 0.2) is 0 Å². The van der Waals surface area contributed by atoms with Crippen molar-refractivity contribution >= 4 is 17.8 Å². The van der Waals surface area contributed by atoms with Gasteiger partial charge < -0.3 is 20.4 Å². The Bertz CT molecular complexity index is 699. The number of amides is 4. The third kappa shape index (κ3) is 4.82. The molecule has 4 amide bonds. The first-order valence-corrected chi connectivity index (χ1v) is 10.1. The van der Waals surface area contributed by atoms with E-state index in [1.54, 1.807) is 19.0 Å².